The lowest BCUT2D eigenvalue weighted by molar-refractivity contribution is 0.858. The van der Waals surface area contributed by atoms with E-state index in [2.05, 4.69) is 53.0 Å². The van der Waals surface area contributed by atoms with Crippen LogP contribution in [0.4, 0.5) is 0 Å². The SMILES string of the molecule is C=C(C)C(C)=CCCCC=C(C)C(=C)C. The maximum absolute atomic E-state index is 3.91. The zero-order valence-corrected chi connectivity index (χ0v) is 10.7. The Morgan fingerprint density at radius 1 is 0.800 bits per heavy atom. The van der Waals surface area contributed by atoms with Gasteiger partial charge in [-0.2, -0.15) is 0 Å². The number of rotatable bonds is 6. The molecule has 0 aliphatic rings. The quantitative estimate of drug-likeness (QED) is 0.412. The largest absolute Gasteiger partial charge is 0.0959 e. The Bertz CT molecular complexity index is 257. The van der Waals surface area contributed by atoms with E-state index in [1.54, 1.807) is 0 Å². The van der Waals surface area contributed by atoms with Crippen molar-refractivity contribution in [2.45, 2.75) is 47.0 Å². The first kappa shape index (κ1) is 14.0. The average molecular weight is 204 g/mol. The molecular formula is C15H24. The third-order valence-electron chi connectivity index (χ3n) is 2.66. The van der Waals surface area contributed by atoms with E-state index < -0.39 is 0 Å². The van der Waals surface area contributed by atoms with E-state index >= 15 is 0 Å². The van der Waals surface area contributed by atoms with Gasteiger partial charge in [-0.15, -0.1) is 0 Å². The molecule has 0 bridgehead atoms. The predicted molar refractivity (Wildman–Crippen MR) is 71.0 cm³/mol. The van der Waals surface area contributed by atoms with Crippen LogP contribution >= 0.6 is 0 Å². The van der Waals surface area contributed by atoms with Gasteiger partial charge in [-0.3, -0.25) is 0 Å². The third kappa shape index (κ3) is 6.96. The van der Waals surface area contributed by atoms with Crippen molar-refractivity contribution in [2.24, 2.45) is 0 Å². The Kier molecular flexibility index (Phi) is 6.77. The highest BCUT2D eigenvalue weighted by atomic mass is 14.0. The Morgan fingerprint density at radius 2 is 1.13 bits per heavy atom. The fraction of sp³-hybridized carbons (Fsp3) is 0.467. The van der Waals surface area contributed by atoms with Crippen molar-refractivity contribution < 1.29 is 0 Å². The monoisotopic (exact) mass is 204 g/mol. The van der Waals surface area contributed by atoms with Gasteiger partial charge in [0, 0.05) is 0 Å². The summed E-state index contributed by atoms with van der Waals surface area (Å²) in [5.74, 6) is 0. The topological polar surface area (TPSA) is 0 Å². The average Bonchev–Trinajstić information content (AvgIpc) is 2.16. The number of hydrogen-bond acceptors (Lipinski definition) is 0. The van der Waals surface area contributed by atoms with E-state index in [0.717, 1.165) is 12.8 Å². The molecule has 0 aromatic carbocycles. The van der Waals surface area contributed by atoms with E-state index in [0.29, 0.717) is 0 Å². The Hall–Kier alpha value is -1.04. The van der Waals surface area contributed by atoms with Crippen molar-refractivity contribution in [3.63, 3.8) is 0 Å². The smallest absolute Gasteiger partial charge is 0.0342 e. The first-order valence-electron chi connectivity index (χ1n) is 5.60. The molecule has 0 heterocycles. The summed E-state index contributed by atoms with van der Waals surface area (Å²) >= 11 is 0. The lowest BCUT2D eigenvalue weighted by atomic mass is 10.1. The van der Waals surface area contributed by atoms with Gasteiger partial charge in [-0.1, -0.05) is 47.6 Å². The molecule has 0 aromatic heterocycles. The van der Waals surface area contributed by atoms with Crippen LogP contribution in [0.25, 0.3) is 0 Å². The summed E-state index contributed by atoms with van der Waals surface area (Å²) in [6.07, 6.45) is 8.02. The molecular weight excluding hydrogens is 180 g/mol. The fourth-order valence-corrected chi connectivity index (χ4v) is 1.10. The van der Waals surface area contributed by atoms with Gasteiger partial charge in [0.2, 0.25) is 0 Å². The van der Waals surface area contributed by atoms with E-state index in [4.69, 9.17) is 0 Å². The van der Waals surface area contributed by atoms with Crippen molar-refractivity contribution in [2.75, 3.05) is 0 Å². The highest BCUT2D eigenvalue weighted by Crippen LogP contribution is 2.11. The van der Waals surface area contributed by atoms with Crippen LogP contribution in [0.15, 0.2) is 47.6 Å². The van der Waals surface area contributed by atoms with Crippen LogP contribution < -0.4 is 0 Å². The van der Waals surface area contributed by atoms with Gasteiger partial charge in [-0.25, -0.2) is 0 Å². The highest BCUT2D eigenvalue weighted by Gasteiger charge is 1.90. The van der Waals surface area contributed by atoms with Crippen LogP contribution in [0.3, 0.4) is 0 Å². The first-order valence-corrected chi connectivity index (χ1v) is 5.60. The minimum Gasteiger partial charge on any atom is -0.0959 e. The van der Waals surface area contributed by atoms with Gasteiger partial charge in [-0.05, 0) is 47.0 Å². The predicted octanol–water partition coefficient (Wildman–Crippen LogP) is 5.20. The molecule has 0 amide bonds. The molecule has 0 unspecified atom stereocenters. The number of hydrogen-bond donors (Lipinski definition) is 0. The minimum atomic E-state index is 1.14. The molecule has 0 saturated carbocycles. The van der Waals surface area contributed by atoms with Gasteiger partial charge in [0.25, 0.3) is 0 Å². The maximum atomic E-state index is 3.91. The van der Waals surface area contributed by atoms with Gasteiger partial charge in [0.15, 0.2) is 0 Å². The molecule has 0 N–H and O–H groups in total. The molecule has 0 aliphatic heterocycles. The highest BCUT2D eigenvalue weighted by molar-refractivity contribution is 5.24. The normalized spacial score (nSPS) is 12.8. The van der Waals surface area contributed by atoms with E-state index in [1.807, 2.05) is 0 Å². The van der Waals surface area contributed by atoms with Gasteiger partial charge < -0.3 is 0 Å². The van der Waals surface area contributed by atoms with E-state index in [1.165, 1.54) is 28.7 Å². The van der Waals surface area contributed by atoms with Crippen LogP contribution in [0.2, 0.25) is 0 Å². The second-order valence-electron chi connectivity index (χ2n) is 4.27. The van der Waals surface area contributed by atoms with Crippen molar-refractivity contribution in [3.05, 3.63) is 47.6 Å². The van der Waals surface area contributed by atoms with Crippen LogP contribution in [0, 0.1) is 0 Å². The molecule has 84 valence electrons. The standard InChI is InChI=1S/C15H24/c1-12(2)14(5)10-8-7-9-11-15(6)13(3)4/h10-11H,1,3,7-9H2,2,4-6H3. The van der Waals surface area contributed by atoms with Gasteiger partial charge in [0.05, 0.1) is 0 Å². The van der Waals surface area contributed by atoms with Gasteiger partial charge in [0.1, 0.15) is 0 Å². The Balaban J connectivity index is 3.83. The Labute approximate surface area is 95.1 Å². The van der Waals surface area contributed by atoms with Gasteiger partial charge >= 0.3 is 0 Å². The molecule has 0 aromatic rings. The van der Waals surface area contributed by atoms with E-state index in [9.17, 15) is 0 Å². The lowest BCUT2D eigenvalue weighted by Crippen LogP contribution is -1.79. The molecule has 0 spiro atoms. The zero-order chi connectivity index (χ0) is 11.8. The van der Waals surface area contributed by atoms with Crippen molar-refractivity contribution in [3.8, 4) is 0 Å². The van der Waals surface area contributed by atoms with Crippen LogP contribution in [-0.4, -0.2) is 0 Å². The molecule has 0 fully saturated rings. The summed E-state index contributed by atoms with van der Waals surface area (Å²) < 4.78 is 0. The summed E-state index contributed by atoms with van der Waals surface area (Å²) in [6.45, 7) is 16.2. The van der Waals surface area contributed by atoms with Crippen LogP contribution in [0.5, 0.6) is 0 Å². The minimum absolute atomic E-state index is 1.14. The molecule has 0 aliphatic carbocycles. The molecule has 0 radical (unpaired) electrons. The van der Waals surface area contributed by atoms with Crippen LogP contribution in [-0.2, 0) is 0 Å². The summed E-state index contributed by atoms with van der Waals surface area (Å²) in [5.41, 5.74) is 4.97. The summed E-state index contributed by atoms with van der Waals surface area (Å²) in [6, 6.07) is 0. The fourth-order valence-electron chi connectivity index (χ4n) is 1.10. The molecule has 0 rings (SSSR count). The van der Waals surface area contributed by atoms with Crippen LogP contribution in [0.1, 0.15) is 47.0 Å². The maximum Gasteiger partial charge on any atom is -0.0342 e. The van der Waals surface area contributed by atoms with E-state index in [-0.39, 0.29) is 0 Å². The second-order valence-corrected chi connectivity index (χ2v) is 4.27. The number of allylic oxidation sites excluding steroid dienone is 6. The Morgan fingerprint density at radius 3 is 1.40 bits per heavy atom. The second kappa shape index (κ2) is 7.28. The summed E-state index contributed by atoms with van der Waals surface area (Å²) in [4.78, 5) is 0. The third-order valence-corrected chi connectivity index (χ3v) is 2.66. The van der Waals surface area contributed by atoms with Crippen molar-refractivity contribution in [1.82, 2.24) is 0 Å². The van der Waals surface area contributed by atoms with Crippen molar-refractivity contribution in [1.29, 1.82) is 0 Å². The molecule has 0 saturated heterocycles. The number of unbranched alkanes of at least 4 members (excludes halogenated alkanes) is 2. The summed E-state index contributed by atoms with van der Waals surface area (Å²) in [7, 11) is 0. The summed E-state index contributed by atoms with van der Waals surface area (Å²) in [5, 5.41) is 0. The first-order chi connectivity index (χ1) is 6.95. The van der Waals surface area contributed by atoms with Crippen molar-refractivity contribution >= 4 is 0 Å². The molecule has 0 nitrogen and oxygen atoms in total. The molecule has 15 heavy (non-hydrogen) atoms. The lowest BCUT2D eigenvalue weighted by Gasteiger charge is -2.00. The molecule has 0 atom stereocenters. The zero-order valence-electron chi connectivity index (χ0n) is 10.7. The molecule has 0 heteroatoms.